The van der Waals surface area contributed by atoms with Crippen molar-refractivity contribution < 1.29 is 18.4 Å². The molecule has 0 atom stereocenters. The Labute approximate surface area is 160 Å². The molecule has 3 aromatic rings. The van der Waals surface area contributed by atoms with Crippen LogP contribution in [0.2, 0.25) is 0 Å². The number of halogens is 2. The van der Waals surface area contributed by atoms with Crippen LogP contribution in [0.4, 0.5) is 14.5 Å². The second-order valence-corrected chi connectivity index (χ2v) is 6.16. The first-order valence-electron chi connectivity index (χ1n) is 8.46. The minimum Gasteiger partial charge on any atom is -0.336 e. The van der Waals surface area contributed by atoms with Crippen LogP contribution in [0.5, 0.6) is 0 Å². The third-order valence-corrected chi connectivity index (χ3v) is 4.03. The number of amides is 2. The summed E-state index contributed by atoms with van der Waals surface area (Å²) in [6, 6.07) is 15.3. The van der Waals surface area contributed by atoms with E-state index in [2.05, 4.69) is 10.3 Å². The van der Waals surface area contributed by atoms with E-state index in [-0.39, 0.29) is 22.9 Å². The Balaban J connectivity index is 1.72. The van der Waals surface area contributed by atoms with E-state index in [1.54, 1.807) is 7.05 Å². The summed E-state index contributed by atoms with van der Waals surface area (Å²) in [5, 5.41) is 2.46. The van der Waals surface area contributed by atoms with Crippen molar-refractivity contribution >= 4 is 17.5 Å². The molecule has 0 fully saturated rings. The molecule has 0 saturated heterocycles. The van der Waals surface area contributed by atoms with Crippen LogP contribution in [-0.2, 0) is 6.54 Å². The average molecular weight is 381 g/mol. The molecule has 0 unspecified atom stereocenters. The topological polar surface area (TPSA) is 62.3 Å². The number of anilines is 1. The van der Waals surface area contributed by atoms with Crippen molar-refractivity contribution in [3.8, 4) is 0 Å². The Morgan fingerprint density at radius 1 is 1.00 bits per heavy atom. The molecule has 3 rings (SSSR count). The second kappa shape index (κ2) is 8.39. The molecule has 0 aliphatic carbocycles. The third kappa shape index (κ3) is 4.56. The van der Waals surface area contributed by atoms with Gasteiger partial charge in [0, 0.05) is 37.1 Å². The zero-order chi connectivity index (χ0) is 20.1. The number of pyridine rings is 1. The van der Waals surface area contributed by atoms with Gasteiger partial charge in [-0.3, -0.25) is 14.6 Å². The van der Waals surface area contributed by atoms with Gasteiger partial charge in [-0.15, -0.1) is 0 Å². The van der Waals surface area contributed by atoms with Crippen LogP contribution in [0.3, 0.4) is 0 Å². The SMILES string of the molecule is CN(Cc1ccccc1)C(=O)c1cc(C(=O)Nc2ccc(F)c(F)c2)ccn1. The van der Waals surface area contributed by atoms with Crippen molar-refractivity contribution in [2.75, 3.05) is 12.4 Å². The highest BCUT2D eigenvalue weighted by Gasteiger charge is 2.16. The molecule has 0 aliphatic heterocycles. The fourth-order valence-corrected chi connectivity index (χ4v) is 2.59. The predicted octanol–water partition coefficient (Wildman–Crippen LogP) is 3.88. The number of carbonyl (C=O) groups excluding carboxylic acids is 2. The molecule has 0 radical (unpaired) electrons. The number of rotatable bonds is 5. The second-order valence-electron chi connectivity index (χ2n) is 6.16. The van der Waals surface area contributed by atoms with Crippen molar-refractivity contribution in [3.63, 3.8) is 0 Å². The van der Waals surface area contributed by atoms with Gasteiger partial charge >= 0.3 is 0 Å². The zero-order valence-electron chi connectivity index (χ0n) is 15.0. The molecule has 2 amide bonds. The van der Waals surface area contributed by atoms with Crippen molar-refractivity contribution in [2.24, 2.45) is 0 Å². The molecule has 1 heterocycles. The summed E-state index contributed by atoms with van der Waals surface area (Å²) >= 11 is 0. The summed E-state index contributed by atoms with van der Waals surface area (Å²) in [5.74, 6) is -2.97. The van der Waals surface area contributed by atoms with Crippen LogP contribution in [0.15, 0.2) is 66.9 Å². The standard InChI is InChI=1S/C21H17F2N3O2/c1-26(13-14-5-3-2-4-6-14)21(28)19-11-15(9-10-24-19)20(27)25-16-7-8-17(22)18(23)12-16/h2-12H,13H2,1H3,(H,25,27). The number of nitrogens with one attached hydrogen (secondary N) is 1. The van der Waals surface area contributed by atoms with Gasteiger partial charge in [-0.1, -0.05) is 30.3 Å². The maximum Gasteiger partial charge on any atom is 0.272 e. The molecular formula is C21H17F2N3O2. The monoisotopic (exact) mass is 381 g/mol. The number of hydrogen-bond donors (Lipinski definition) is 1. The molecule has 28 heavy (non-hydrogen) atoms. The summed E-state index contributed by atoms with van der Waals surface area (Å²) < 4.78 is 26.3. The highest BCUT2D eigenvalue weighted by molar-refractivity contribution is 6.05. The predicted molar refractivity (Wildman–Crippen MR) is 101 cm³/mol. The number of aromatic nitrogens is 1. The van der Waals surface area contributed by atoms with Gasteiger partial charge in [0.15, 0.2) is 11.6 Å². The lowest BCUT2D eigenvalue weighted by molar-refractivity contribution is 0.0779. The van der Waals surface area contributed by atoms with Gasteiger partial charge in [0.2, 0.25) is 0 Å². The van der Waals surface area contributed by atoms with Crippen molar-refractivity contribution in [1.29, 1.82) is 0 Å². The molecule has 1 N–H and O–H groups in total. The smallest absolute Gasteiger partial charge is 0.272 e. The molecule has 142 valence electrons. The average Bonchev–Trinajstić information content (AvgIpc) is 2.71. The van der Waals surface area contributed by atoms with Gasteiger partial charge in [0.1, 0.15) is 5.69 Å². The van der Waals surface area contributed by atoms with E-state index in [0.29, 0.717) is 6.54 Å². The minimum atomic E-state index is -1.06. The molecule has 0 saturated carbocycles. The number of carbonyl (C=O) groups is 2. The lowest BCUT2D eigenvalue weighted by Crippen LogP contribution is -2.27. The lowest BCUT2D eigenvalue weighted by Gasteiger charge is -2.17. The fourth-order valence-electron chi connectivity index (χ4n) is 2.59. The first-order valence-corrected chi connectivity index (χ1v) is 8.46. The molecule has 0 aliphatic rings. The Hall–Kier alpha value is -3.61. The maximum atomic E-state index is 13.3. The van der Waals surface area contributed by atoms with Crippen LogP contribution in [0.1, 0.15) is 26.4 Å². The van der Waals surface area contributed by atoms with Crippen molar-refractivity contribution in [2.45, 2.75) is 6.54 Å². The van der Waals surface area contributed by atoms with Gasteiger partial charge in [0.05, 0.1) is 0 Å². The van der Waals surface area contributed by atoms with Crippen LogP contribution in [-0.4, -0.2) is 28.7 Å². The van der Waals surface area contributed by atoms with E-state index in [1.165, 1.54) is 29.3 Å². The van der Waals surface area contributed by atoms with Gasteiger partial charge in [0.25, 0.3) is 11.8 Å². The minimum absolute atomic E-state index is 0.106. The molecule has 0 bridgehead atoms. The highest BCUT2D eigenvalue weighted by atomic mass is 19.2. The molecule has 7 heteroatoms. The number of hydrogen-bond acceptors (Lipinski definition) is 3. The molecular weight excluding hydrogens is 364 g/mol. The van der Waals surface area contributed by atoms with Crippen LogP contribution >= 0.6 is 0 Å². The Morgan fingerprint density at radius 3 is 2.46 bits per heavy atom. The van der Waals surface area contributed by atoms with E-state index in [1.807, 2.05) is 30.3 Å². The van der Waals surface area contributed by atoms with Crippen LogP contribution < -0.4 is 5.32 Å². The molecule has 2 aromatic carbocycles. The van der Waals surface area contributed by atoms with E-state index in [4.69, 9.17) is 0 Å². The fraction of sp³-hybridized carbons (Fsp3) is 0.0952. The molecule has 0 spiro atoms. The van der Waals surface area contributed by atoms with E-state index < -0.39 is 17.5 Å². The van der Waals surface area contributed by atoms with Crippen LogP contribution in [0, 0.1) is 11.6 Å². The summed E-state index contributed by atoms with van der Waals surface area (Å²) in [4.78, 5) is 30.5. The van der Waals surface area contributed by atoms with Crippen molar-refractivity contribution in [1.82, 2.24) is 9.88 Å². The lowest BCUT2D eigenvalue weighted by atomic mass is 10.1. The first kappa shape index (κ1) is 19.2. The normalized spacial score (nSPS) is 10.4. The molecule has 5 nitrogen and oxygen atoms in total. The Kier molecular flexibility index (Phi) is 5.74. The number of benzene rings is 2. The Morgan fingerprint density at radius 2 is 1.75 bits per heavy atom. The van der Waals surface area contributed by atoms with E-state index in [0.717, 1.165) is 17.7 Å². The quantitative estimate of drug-likeness (QED) is 0.730. The highest BCUT2D eigenvalue weighted by Crippen LogP contribution is 2.15. The largest absolute Gasteiger partial charge is 0.336 e. The summed E-state index contributed by atoms with van der Waals surface area (Å²) in [5.41, 5.74) is 1.35. The zero-order valence-corrected chi connectivity index (χ0v) is 15.0. The van der Waals surface area contributed by atoms with Crippen LogP contribution in [0.25, 0.3) is 0 Å². The summed E-state index contributed by atoms with van der Waals surface area (Å²) in [7, 11) is 1.64. The summed E-state index contributed by atoms with van der Waals surface area (Å²) in [6.07, 6.45) is 1.35. The van der Waals surface area contributed by atoms with Gasteiger partial charge in [-0.05, 0) is 29.8 Å². The maximum absolute atomic E-state index is 13.3. The van der Waals surface area contributed by atoms with Gasteiger partial charge in [-0.2, -0.15) is 0 Å². The van der Waals surface area contributed by atoms with E-state index >= 15 is 0 Å². The first-order chi connectivity index (χ1) is 13.4. The van der Waals surface area contributed by atoms with Gasteiger partial charge < -0.3 is 10.2 Å². The summed E-state index contributed by atoms with van der Waals surface area (Å²) in [6.45, 7) is 0.395. The third-order valence-electron chi connectivity index (χ3n) is 4.03. The molecule has 1 aromatic heterocycles. The van der Waals surface area contributed by atoms with Gasteiger partial charge in [-0.25, -0.2) is 8.78 Å². The van der Waals surface area contributed by atoms with Crippen molar-refractivity contribution in [3.05, 3.63) is 95.3 Å². The Bertz CT molecular complexity index is 1010. The number of nitrogens with zero attached hydrogens (tertiary/aromatic N) is 2. The van der Waals surface area contributed by atoms with E-state index in [9.17, 15) is 18.4 Å².